The Balaban J connectivity index is 0.000000124. The smallest absolute Gasteiger partial charge is 0.165 e. The summed E-state index contributed by atoms with van der Waals surface area (Å²) in [4.78, 5) is 78.4. The first-order chi connectivity index (χ1) is 68.7. The summed E-state index contributed by atoms with van der Waals surface area (Å²) in [6.07, 6.45) is 9.22. The van der Waals surface area contributed by atoms with Crippen LogP contribution < -0.4 is 0 Å². The van der Waals surface area contributed by atoms with Gasteiger partial charge in [-0.2, -0.15) is 0 Å². The second-order valence-corrected chi connectivity index (χ2v) is 33.0. The molecule has 23 aromatic rings. The fraction of sp³-hybridized carbons (Fsp3) is 0.00813. The molecule has 0 aliphatic rings. The first kappa shape index (κ1) is 86.6. The standard InChI is InChI=1S/2C43H29N5.C37H26N6/c1-5-14-30(15-6-1)35-26-41(46-42(27-35)38-23-13-22-36(45-38)31-16-7-2-8-17-31)37-25-24-34(29-44-37)40-28-39(32-18-9-3-10-19-32)47-43(48-40)33-20-11-4-12-21-33;1-5-13-30(14-6-1)34-21-23-37(44-28-34)41-25-36(31-15-7-2-8-16-31)26-42(46-41)38-24-22-35(29-45-38)40-27-39(32-17-9-3-10-18-32)47-43(48-40)33-19-11-4-12-20-33;1-25-15-17-26(18-16-25)30-22-33(31-14-8-9-21-38-31)40-34(23-30)32-20-19-29(24-39-32)37-42-35(27-10-4-2-5-11-27)41-36(43-37)28-12-6-3-7-13-28/h2*1-29H;2-24H,1H3. The Morgan fingerprint density at radius 3 is 0.669 bits per heavy atom. The molecule has 16 nitrogen and oxygen atoms in total. The molecule has 16 heteroatoms. The van der Waals surface area contributed by atoms with Gasteiger partial charge >= 0.3 is 0 Å². The van der Waals surface area contributed by atoms with Crippen LogP contribution in [0, 0.1) is 6.92 Å². The largest absolute Gasteiger partial charge is 0.255 e. The minimum atomic E-state index is 0.558. The van der Waals surface area contributed by atoms with Gasteiger partial charge in [-0.1, -0.05) is 351 Å². The van der Waals surface area contributed by atoms with E-state index in [1.54, 1.807) is 12.4 Å². The summed E-state index contributed by atoms with van der Waals surface area (Å²) in [5.74, 6) is 3.12. The zero-order valence-electron chi connectivity index (χ0n) is 75.4. The van der Waals surface area contributed by atoms with Crippen LogP contribution in [-0.4, -0.2) is 79.7 Å². The van der Waals surface area contributed by atoms with Crippen molar-refractivity contribution in [3.8, 4) is 226 Å². The van der Waals surface area contributed by atoms with Gasteiger partial charge in [-0.15, -0.1) is 0 Å². The zero-order chi connectivity index (χ0) is 93.3. The molecule has 0 N–H and O–H groups in total. The number of nitrogens with zero attached hydrogens (tertiary/aromatic N) is 16. The number of aryl methyl sites for hydroxylation is 1. The van der Waals surface area contributed by atoms with Crippen molar-refractivity contribution in [2.45, 2.75) is 6.92 Å². The van der Waals surface area contributed by atoms with Crippen LogP contribution in [0.15, 0.2) is 492 Å². The normalized spacial score (nSPS) is 10.9. The third kappa shape index (κ3) is 20.6. The van der Waals surface area contributed by atoms with Crippen molar-refractivity contribution >= 4 is 0 Å². The fourth-order valence-corrected chi connectivity index (χ4v) is 16.2. The molecule has 0 atom stereocenters. The van der Waals surface area contributed by atoms with Gasteiger partial charge in [0.05, 0.1) is 96.8 Å². The third-order valence-electron chi connectivity index (χ3n) is 23.5. The van der Waals surface area contributed by atoms with E-state index < -0.39 is 0 Å². The molecule has 23 rings (SSSR count). The molecule has 12 heterocycles. The van der Waals surface area contributed by atoms with E-state index >= 15 is 0 Å². The Hall–Kier alpha value is -19.1. The Kier molecular flexibility index (Phi) is 25.5. The molecule has 139 heavy (non-hydrogen) atoms. The molecule has 0 fully saturated rings. The molecule has 0 saturated heterocycles. The Morgan fingerprint density at radius 1 is 0.115 bits per heavy atom. The van der Waals surface area contributed by atoms with Crippen LogP contribution in [0.2, 0.25) is 0 Å². The highest BCUT2D eigenvalue weighted by molar-refractivity contribution is 5.83. The van der Waals surface area contributed by atoms with E-state index in [4.69, 9.17) is 74.8 Å². The molecule has 12 aromatic heterocycles. The molecule has 0 aliphatic carbocycles. The fourth-order valence-electron chi connectivity index (χ4n) is 16.2. The summed E-state index contributed by atoms with van der Waals surface area (Å²) < 4.78 is 0. The highest BCUT2D eigenvalue weighted by Crippen LogP contribution is 2.39. The van der Waals surface area contributed by atoms with Crippen molar-refractivity contribution in [1.29, 1.82) is 0 Å². The number of hydrogen-bond acceptors (Lipinski definition) is 16. The monoisotopic (exact) mass is 1780 g/mol. The summed E-state index contributed by atoms with van der Waals surface area (Å²) in [6.45, 7) is 2.09. The lowest BCUT2D eigenvalue weighted by Crippen LogP contribution is -2.00. The molecule has 0 saturated carbocycles. The summed E-state index contributed by atoms with van der Waals surface area (Å²) in [5, 5.41) is 0. The molecule has 656 valence electrons. The maximum absolute atomic E-state index is 5.09. The van der Waals surface area contributed by atoms with Crippen LogP contribution in [0.4, 0.5) is 0 Å². The van der Waals surface area contributed by atoms with E-state index in [0.717, 1.165) is 197 Å². The van der Waals surface area contributed by atoms with Crippen molar-refractivity contribution in [2.75, 3.05) is 0 Å². The second-order valence-electron chi connectivity index (χ2n) is 33.0. The van der Waals surface area contributed by atoms with Crippen LogP contribution in [0.5, 0.6) is 0 Å². The third-order valence-corrected chi connectivity index (χ3v) is 23.5. The van der Waals surface area contributed by atoms with Crippen LogP contribution in [0.1, 0.15) is 5.56 Å². The van der Waals surface area contributed by atoms with Crippen molar-refractivity contribution in [3.63, 3.8) is 0 Å². The average Bonchev–Trinajstić information content (AvgIpc) is 0.792. The predicted molar refractivity (Wildman–Crippen MR) is 558 cm³/mol. The van der Waals surface area contributed by atoms with Crippen LogP contribution >= 0.6 is 0 Å². The highest BCUT2D eigenvalue weighted by Gasteiger charge is 2.21. The zero-order valence-corrected chi connectivity index (χ0v) is 75.4. The Bertz CT molecular complexity index is 7950. The van der Waals surface area contributed by atoms with Gasteiger partial charge in [0.2, 0.25) is 0 Å². The molecule has 11 aromatic carbocycles. The topological polar surface area (TPSA) is 206 Å². The Labute approximate surface area is 805 Å². The second kappa shape index (κ2) is 41.0. The number of hydrogen-bond donors (Lipinski definition) is 0. The van der Waals surface area contributed by atoms with Crippen LogP contribution in [-0.2, 0) is 0 Å². The SMILES string of the molecule is Cc1ccc(-c2cc(-c3ccccn3)nc(-c3ccc(-c4nc(-c5ccccc5)nc(-c5ccccc5)n4)cn3)c2)cc1.c1ccc(-c2cc(-c3ccc(-c4cc(-c5ccccc5)nc(-c5ccccc5)n4)cn3)nc(-c3cccc(-c4ccccc4)n3)c2)cc1.c1ccc(-c2ccc(-c3cc(-c4ccccc4)cc(-c4ccc(-c5cc(-c6ccccc6)nc(-c6ccccc6)n5)cn4)n3)nc2)cc1. The van der Waals surface area contributed by atoms with Gasteiger partial charge in [-0.25, -0.2) is 54.8 Å². The lowest BCUT2D eigenvalue weighted by molar-refractivity contribution is 1.07. The van der Waals surface area contributed by atoms with Crippen molar-refractivity contribution < 1.29 is 0 Å². The van der Waals surface area contributed by atoms with E-state index in [1.807, 2.05) is 328 Å². The van der Waals surface area contributed by atoms with Gasteiger partial charge in [-0.05, 0) is 161 Å². The van der Waals surface area contributed by atoms with E-state index in [-0.39, 0.29) is 0 Å². The summed E-state index contributed by atoms with van der Waals surface area (Å²) >= 11 is 0. The van der Waals surface area contributed by atoms with Gasteiger partial charge in [0.25, 0.3) is 0 Å². The van der Waals surface area contributed by atoms with Gasteiger partial charge in [0, 0.05) is 92.2 Å². The molecule has 0 radical (unpaired) electrons. The first-order valence-corrected chi connectivity index (χ1v) is 45.7. The van der Waals surface area contributed by atoms with E-state index in [0.29, 0.717) is 29.1 Å². The number of benzene rings is 11. The molecule has 0 unspecified atom stereocenters. The van der Waals surface area contributed by atoms with Gasteiger partial charge in [-0.3, -0.25) is 24.9 Å². The number of aromatic nitrogens is 16. The van der Waals surface area contributed by atoms with Gasteiger partial charge in [0.15, 0.2) is 29.1 Å². The first-order valence-electron chi connectivity index (χ1n) is 45.7. The molecule has 0 bridgehead atoms. The van der Waals surface area contributed by atoms with Crippen molar-refractivity contribution in [3.05, 3.63) is 498 Å². The van der Waals surface area contributed by atoms with Gasteiger partial charge in [0.1, 0.15) is 0 Å². The molecule has 0 spiro atoms. The van der Waals surface area contributed by atoms with Crippen molar-refractivity contribution in [2.24, 2.45) is 0 Å². The number of pyridine rings is 9. The van der Waals surface area contributed by atoms with Gasteiger partial charge < -0.3 is 0 Å². The van der Waals surface area contributed by atoms with Crippen LogP contribution in [0.25, 0.3) is 226 Å². The van der Waals surface area contributed by atoms with Crippen molar-refractivity contribution in [1.82, 2.24) is 79.7 Å². The molecule has 0 aliphatic heterocycles. The van der Waals surface area contributed by atoms with E-state index in [9.17, 15) is 0 Å². The minimum absolute atomic E-state index is 0.558. The maximum atomic E-state index is 5.09. The quantitative estimate of drug-likeness (QED) is 0.0695. The van der Waals surface area contributed by atoms with E-state index in [2.05, 4.69) is 164 Å². The van der Waals surface area contributed by atoms with Crippen LogP contribution in [0.3, 0.4) is 0 Å². The molecule has 0 amide bonds. The minimum Gasteiger partial charge on any atom is -0.255 e. The van der Waals surface area contributed by atoms with E-state index in [1.165, 1.54) is 5.56 Å². The average molecular weight is 1790 g/mol. The predicted octanol–water partition coefficient (Wildman–Crippen LogP) is 29.0. The maximum Gasteiger partial charge on any atom is 0.165 e. The Morgan fingerprint density at radius 2 is 0.345 bits per heavy atom. The lowest BCUT2D eigenvalue weighted by atomic mass is 10.0. The summed E-state index contributed by atoms with van der Waals surface area (Å²) in [6, 6.07) is 155. The molecular formula is C123H84N16. The summed E-state index contributed by atoms with van der Waals surface area (Å²) in [7, 11) is 0. The lowest BCUT2D eigenvalue weighted by Gasteiger charge is -2.11. The molecular weight excluding hydrogens is 1700 g/mol. The highest BCUT2D eigenvalue weighted by atomic mass is 15.0. The summed E-state index contributed by atoms with van der Waals surface area (Å²) in [5.41, 5.74) is 32.9. The number of rotatable bonds is 20.